The van der Waals surface area contributed by atoms with Crippen molar-refractivity contribution in [2.24, 2.45) is 0 Å². The second-order valence-electron chi connectivity index (χ2n) is 4.68. The standard InChI is InChI=1S/C14H17FN2/c1-17(12-5-3-2-4-6-12)14-8-7-11(10-16)9-13(14)15/h7-9,12H,2-6H2,1H3. The Morgan fingerprint density at radius 2 is 2.00 bits per heavy atom. The first-order valence-electron chi connectivity index (χ1n) is 6.15. The number of nitriles is 1. The van der Waals surface area contributed by atoms with Gasteiger partial charge in [0, 0.05) is 13.1 Å². The lowest BCUT2D eigenvalue weighted by Crippen LogP contribution is -2.33. The summed E-state index contributed by atoms with van der Waals surface area (Å²) >= 11 is 0. The predicted molar refractivity (Wildman–Crippen MR) is 66.4 cm³/mol. The van der Waals surface area contributed by atoms with Gasteiger partial charge in [0.25, 0.3) is 0 Å². The molecular weight excluding hydrogens is 215 g/mol. The summed E-state index contributed by atoms with van der Waals surface area (Å²) in [5, 5.41) is 8.71. The van der Waals surface area contributed by atoms with Gasteiger partial charge in [-0.2, -0.15) is 5.26 Å². The molecule has 0 bridgehead atoms. The molecule has 2 rings (SSSR count). The Hall–Kier alpha value is -1.56. The van der Waals surface area contributed by atoms with Gasteiger partial charge in [-0.1, -0.05) is 19.3 Å². The van der Waals surface area contributed by atoms with Crippen LogP contribution in [0.4, 0.5) is 10.1 Å². The van der Waals surface area contributed by atoms with Crippen LogP contribution in [0.5, 0.6) is 0 Å². The molecule has 2 nitrogen and oxygen atoms in total. The Balaban J connectivity index is 2.18. The summed E-state index contributed by atoms with van der Waals surface area (Å²) in [6.07, 6.45) is 6.02. The predicted octanol–water partition coefficient (Wildman–Crippen LogP) is 3.47. The summed E-state index contributed by atoms with van der Waals surface area (Å²) in [6, 6.07) is 7.09. The molecule has 0 N–H and O–H groups in total. The highest BCUT2D eigenvalue weighted by Gasteiger charge is 2.20. The smallest absolute Gasteiger partial charge is 0.147 e. The molecule has 1 fully saturated rings. The van der Waals surface area contributed by atoms with Gasteiger partial charge in [0.05, 0.1) is 17.3 Å². The minimum atomic E-state index is -0.294. The van der Waals surface area contributed by atoms with Crippen LogP contribution >= 0.6 is 0 Å². The van der Waals surface area contributed by atoms with Crippen LogP contribution in [0.15, 0.2) is 18.2 Å². The van der Waals surface area contributed by atoms with Crippen molar-refractivity contribution in [2.45, 2.75) is 38.1 Å². The molecule has 1 saturated carbocycles. The van der Waals surface area contributed by atoms with Crippen LogP contribution in [0.1, 0.15) is 37.7 Å². The summed E-state index contributed by atoms with van der Waals surface area (Å²) in [7, 11) is 1.94. The molecule has 0 aromatic heterocycles. The minimum absolute atomic E-state index is 0.294. The van der Waals surface area contributed by atoms with E-state index >= 15 is 0 Å². The number of halogens is 1. The van der Waals surface area contributed by atoms with Gasteiger partial charge in [0.15, 0.2) is 0 Å². The molecular formula is C14H17FN2. The fourth-order valence-electron chi connectivity index (χ4n) is 2.53. The van der Waals surface area contributed by atoms with E-state index in [9.17, 15) is 4.39 Å². The fraction of sp³-hybridized carbons (Fsp3) is 0.500. The molecule has 0 amide bonds. The number of hydrogen-bond donors (Lipinski definition) is 0. The lowest BCUT2D eigenvalue weighted by Gasteiger charge is -2.33. The van der Waals surface area contributed by atoms with Crippen LogP contribution in [0.2, 0.25) is 0 Å². The van der Waals surface area contributed by atoms with Crippen molar-refractivity contribution in [1.82, 2.24) is 0 Å². The molecule has 0 aliphatic heterocycles. The average Bonchev–Trinajstić information content (AvgIpc) is 2.39. The number of rotatable bonds is 2. The quantitative estimate of drug-likeness (QED) is 0.780. The maximum Gasteiger partial charge on any atom is 0.147 e. The first-order valence-corrected chi connectivity index (χ1v) is 6.15. The van der Waals surface area contributed by atoms with E-state index in [4.69, 9.17) is 5.26 Å². The van der Waals surface area contributed by atoms with Crippen molar-refractivity contribution in [1.29, 1.82) is 5.26 Å². The van der Waals surface area contributed by atoms with Crippen LogP contribution in [0.3, 0.4) is 0 Å². The van der Waals surface area contributed by atoms with Crippen molar-refractivity contribution in [3.63, 3.8) is 0 Å². The van der Waals surface area contributed by atoms with E-state index < -0.39 is 0 Å². The topological polar surface area (TPSA) is 27.0 Å². The highest BCUT2D eigenvalue weighted by molar-refractivity contribution is 5.51. The molecule has 1 aromatic carbocycles. The van der Waals surface area contributed by atoms with E-state index in [2.05, 4.69) is 0 Å². The number of benzene rings is 1. The maximum atomic E-state index is 13.8. The van der Waals surface area contributed by atoms with Gasteiger partial charge < -0.3 is 4.90 Å². The zero-order valence-electron chi connectivity index (χ0n) is 10.1. The molecule has 0 spiro atoms. The number of anilines is 1. The van der Waals surface area contributed by atoms with Crippen molar-refractivity contribution < 1.29 is 4.39 Å². The molecule has 0 saturated heterocycles. The summed E-state index contributed by atoms with van der Waals surface area (Å²) in [6.45, 7) is 0. The Morgan fingerprint density at radius 1 is 1.29 bits per heavy atom. The number of hydrogen-bond acceptors (Lipinski definition) is 2. The molecule has 0 radical (unpaired) electrons. The van der Waals surface area contributed by atoms with Gasteiger partial charge in [0.1, 0.15) is 5.82 Å². The summed E-state index contributed by atoms with van der Waals surface area (Å²) in [5.41, 5.74) is 0.985. The van der Waals surface area contributed by atoms with Gasteiger partial charge in [-0.3, -0.25) is 0 Å². The zero-order valence-corrected chi connectivity index (χ0v) is 10.1. The average molecular weight is 232 g/mol. The molecule has 1 aliphatic rings. The molecule has 0 unspecified atom stereocenters. The fourth-order valence-corrected chi connectivity index (χ4v) is 2.53. The first-order chi connectivity index (χ1) is 8.22. The van der Waals surface area contributed by atoms with Crippen molar-refractivity contribution >= 4 is 5.69 Å². The van der Waals surface area contributed by atoms with Crippen molar-refractivity contribution in [2.75, 3.05) is 11.9 Å². The highest BCUT2D eigenvalue weighted by Crippen LogP contribution is 2.28. The first kappa shape index (κ1) is 11.9. The second-order valence-corrected chi connectivity index (χ2v) is 4.68. The van der Waals surface area contributed by atoms with Gasteiger partial charge >= 0.3 is 0 Å². The van der Waals surface area contributed by atoms with Crippen LogP contribution in [-0.4, -0.2) is 13.1 Å². The third kappa shape index (κ3) is 2.58. The Labute approximate surface area is 102 Å². The molecule has 3 heteroatoms. The van der Waals surface area contributed by atoms with Crippen LogP contribution in [0.25, 0.3) is 0 Å². The monoisotopic (exact) mass is 232 g/mol. The Morgan fingerprint density at radius 3 is 2.59 bits per heavy atom. The SMILES string of the molecule is CN(c1ccc(C#N)cc1F)C1CCCCC1. The normalized spacial score (nSPS) is 16.5. The van der Waals surface area contributed by atoms with Crippen molar-refractivity contribution in [3.8, 4) is 6.07 Å². The summed E-state index contributed by atoms with van der Waals surface area (Å²) in [5.74, 6) is -0.294. The molecule has 90 valence electrons. The third-order valence-corrected chi connectivity index (χ3v) is 3.58. The van der Waals surface area contributed by atoms with Crippen LogP contribution < -0.4 is 4.90 Å². The summed E-state index contributed by atoms with van der Waals surface area (Å²) < 4.78 is 13.8. The Bertz CT molecular complexity index is 430. The lowest BCUT2D eigenvalue weighted by molar-refractivity contribution is 0.424. The maximum absolute atomic E-state index is 13.8. The van der Waals surface area contributed by atoms with Crippen LogP contribution in [-0.2, 0) is 0 Å². The zero-order chi connectivity index (χ0) is 12.3. The molecule has 1 aliphatic carbocycles. The van der Waals surface area contributed by atoms with Gasteiger partial charge in [-0.25, -0.2) is 4.39 Å². The van der Waals surface area contributed by atoms with E-state index in [1.54, 1.807) is 12.1 Å². The number of nitrogens with zero attached hydrogens (tertiary/aromatic N) is 2. The third-order valence-electron chi connectivity index (χ3n) is 3.58. The molecule has 0 atom stereocenters. The van der Waals surface area contributed by atoms with E-state index in [0.717, 1.165) is 12.8 Å². The second kappa shape index (κ2) is 5.18. The lowest BCUT2D eigenvalue weighted by atomic mass is 9.94. The molecule has 0 heterocycles. The molecule has 17 heavy (non-hydrogen) atoms. The van der Waals surface area contributed by atoms with Crippen LogP contribution in [0, 0.1) is 17.1 Å². The van der Waals surface area contributed by atoms with Gasteiger partial charge in [0.2, 0.25) is 0 Å². The van der Waals surface area contributed by atoms with E-state index in [-0.39, 0.29) is 5.82 Å². The minimum Gasteiger partial charge on any atom is -0.369 e. The van der Waals surface area contributed by atoms with E-state index in [1.807, 2.05) is 18.0 Å². The van der Waals surface area contributed by atoms with Gasteiger partial charge in [-0.05, 0) is 31.0 Å². The summed E-state index contributed by atoms with van der Waals surface area (Å²) in [4.78, 5) is 2.02. The highest BCUT2D eigenvalue weighted by atomic mass is 19.1. The Kier molecular flexibility index (Phi) is 3.63. The largest absolute Gasteiger partial charge is 0.369 e. The van der Waals surface area contributed by atoms with E-state index in [0.29, 0.717) is 17.3 Å². The van der Waals surface area contributed by atoms with Crippen molar-refractivity contribution in [3.05, 3.63) is 29.6 Å². The van der Waals surface area contributed by atoms with E-state index in [1.165, 1.54) is 25.3 Å². The van der Waals surface area contributed by atoms with Gasteiger partial charge in [-0.15, -0.1) is 0 Å². The molecule has 1 aromatic rings.